The van der Waals surface area contributed by atoms with Crippen LogP contribution in [0.4, 0.5) is 5.95 Å². The van der Waals surface area contributed by atoms with E-state index in [4.69, 9.17) is 5.53 Å². The van der Waals surface area contributed by atoms with Crippen molar-refractivity contribution in [2.75, 3.05) is 0 Å². The molecule has 0 unspecified atom stereocenters. The maximum atomic E-state index is 6.54. The van der Waals surface area contributed by atoms with Crippen LogP contribution in [0.3, 0.4) is 0 Å². The molecule has 0 aliphatic heterocycles. The van der Waals surface area contributed by atoms with Crippen LogP contribution in [0.2, 0.25) is 0 Å². The molecule has 9 heavy (non-hydrogen) atoms. The van der Waals surface area contributed by atoms with Gasteiger partial charge < -0.3 is 0 Å². The van der Waals surface area contributed by atoms with Gasteiger partial charge in [-0.05, 0) is 13.0 Å². The van der Waals surface area contributed by atoms with Crippen molar-refractivity contribution in [3.63, 3.8) is 0 Å². The molecular formula is C5H6N4. The van der Waals surface area contributed by atoms with Gasteiger partial charge in [-0.3, -0.25) is 0 Å². The number of rotatable bonds is 1. The number of nitrogens with one attached hydrogen (secondary N) is 1. The third-order valence-corrected chi connectivity index (χ3v) is 0.882. The van der Waals surface area contributed by atoms with Gasteiger partial charge in [0, 0.05) is 11.9 Å². The molecule has 0 radical (unpaired) electrons. The van der Waals surface area contributed by atoms with Crippen molar-refractivity contribution >= 4 is 5.95 Å². The molecule has 46 valence electrons. The smallest absolute Gasteiger partial charge is 0.218 e. The topological polar surface area (TPSA) is 62.0 Å². The molecule has 1 N–H and O–H groups in total. The first-order valence-electron chi connectivity index (χ1n) is 2.50. The third-order valence-electron chi connectivity index (χ3n) is 0.882. The normalized spacial score (nSPS) is 9.00. The lowest BCUT2D eigenvalue weighted by Crippen LogP contribution is -1.81. The minimum absolute atomic E-state index is 0.218. The molecule has 0 aliphatic carbocycles. The van der Waals surface area contributed by atoms with Gasteiger partial charge >= 0.3 is 0 Å². The Morgan fingerprint density at radius 1 is 1.67 bits per heavy atom. The molecule has 1 aromatic rings. The summed E-state index contributed by atoms with van der Waals surface area (Å²) in [6, 6.07) is 1.76. The van der Waals surface area contributed by atoms with Crippen LogP contribution in [0.1, 0.15) is 5.69 Å². The maximum absolute atomic E-state index is 6.54. The van der Waals surface area contributed by atoms with E-state index >= 15 is 0 Å². The Morgan fingerprint density at radius 3 is 2.89 bits per heavy atom. The van der Waals surface area contributed by atoms with Crippen LogP contribution < -0.4 is 0 Å². The van der Waals surface area contributed by atoms with Crippen molar-refractivity contribution in [1.29, 1.82) is 5.53 Å². The van der Waals surface area contributed by atoms with Crippen LogP contribution in [-0.4, -0.2) is 9.97 Å². The molecule has 0 atom stereocenters. The van der Waals surface area contributed by atoms with Crippen molar-refractivity contribution in [2.45, 2.75) is 6.92 Å². The molecule has 0 aromatic carbocycles. The molecule has 0 saturated heterocycles. The molecule has 1 aromatic heterocycles. The molecular weight excluding hydrogens is 116 g/mol. The van der Waals surface area contributed by atoms with E-state index in [0.717, 1.165) is 5.69 Å². The molecule has 0 amide bonds. The Balaban J connectivity index is 3.07. The minimum atomic E-state index is 0.218. The third kappa shape index (κ3) is 1.28. The number of hydrogen-bond donors (Lipinski definition) is 1. The lowest BCUT2D eigenvalue weighted by Gasteiger charge is -1.88. The minimum Gasteiger partial charge on any atom is -0.218 e. The zero-order chi connectivity index (χ0) is 6.69. The summed E-state index contributed by atoms with van der Waals surface area (Å²) in [5.74, 6) is 0.218. The highest BCUT2D eigenvalue weighted by Crippen LogP contribution is 2.00. The molecule has 4 nitrogen and oxygen atoms in total. The zero-order valence-electron chi connectivity index (χ0n) is 5.00. The average Bonchev–Trinajstić information content (AvgIpc) is 1.88. The summed E-state index contributed by atoms with van der Waals surface area (Å²) < 4.78 is 0. The molecule has 0 spiro atoms. The second-order valence-corrected chi connectivity index (χ2v) is 1.61. The number of nitrogens with zero attached hydrogens (tertiary/aromatic N) is 3. The van der Waals surface area contributed by atoms with E-state index in [2.05, 4.69) is 15.1 Å². The van der Waals surface area contributed by atoms with Gasteiger partial charge in [0.2, 0.25) is 0 Å². The van der Waals surface area contributed by atoms with Crippen LogP contribution in [-0.2, 0) is 0 Å². The van der Waals surface area contributed by atoms with E-state index in [1.54, 1.807) is 12.3 Å². The van der Waals surface area contributed by atoms with Crippen molar-refractivity contribution in [3.05, 3.63) is 18.0 Å². The van der Waals surface area contributed by atoms with Crippen LogP contribution in [0, 0.1) is 12.5 Å². The summed E-state index contributed by atoms with van der Waals surface area (Å²) in [6.45, 7) is 1.83. The fourth-order valence-electron chi connectivity index (χ4n) is 0.490. The SMILES string of the molecule is Cc1ccnc(N=N)n1. The molecule has 1 heterocycles. The van der Waals surface area contributed by atoms with Crippen LogP contribution in [0.15, 0.2) is 17.4 Å². The molecule has 4 heteroatoms. The lowest BCUT2D eigenvalue weighted by atomic mass is 10.5. The zero-order valence-corrected chi connectivity index (χ0v) is 5.00. The highest BCUT2D eigenvalue weighted by atomic mass is 15.1. The predicted molar refractivity (Wildman–Crippen MR) is 31.6 cm³/mol. The first-order valence-corrected chi connectivity index (χ1v) is 2.50. The van der Waals surface area contributed by atoms with Crippen molar-refractivity contribution < 1.29 is 0 Å². The number of aromatic nitrogens is 2. The first kappa shape index (κ1) is 5.81. The van der Waals surface area contributed by atoms with Gasteiger partial charge in [-0.1, -0.05) is 0 Å². The molecule has 0 saturated carbocycles. The van der Waals surface area contributed by atoms with Crippen molar-refractivity contribution in [1.82, 2.24) is 9.97 Å². The summed E-state index contributed by atoms with van der Waals surface area (Å²) >= 11 is 0. The van der Waals surface area contributed by atoms with Crippen LogP contribution in [0.5, 0.6) is 0 Å². The Kier molecular flexibility index (Phi) is 1.48. The molecule has 0 fully saturated rings. The Bertz CT molecular complexity index is 220. The fraction of sp³-hybridized carbons (Fsp3) is 0.200. The molecule has 0 aliphatic rings. The van der Waals surface area contributed by atoms with Gasteiger partial charge in [0.15, 0.2) is 0 Å². The second kappa shape index (κ2) is 2.30. The largest absolute Gasteiger partial charge is 0.268 e. The van der Waals surface area contributed by atoms with Gasteiger partial charge in [0.1, 0.15) is 0 Å². The van der Waals surface area contributed by atoms with Crippen LogP contribution in [0.25, 0.3) is 0 Å². The van der Waals surface area contributed by atoms with Gasteiger partial charge in [-0.15, -0.1) is 5.11 Å². The molecule has 0 bridgehead atoms. The van der Waals surface area contributed by atoms with Gasteiger partial charge in [-0.25, -0.2) is 15.5 Å². The Hall–Kier alpha value is -1.32. The molecule has 1 rings (SSSR count). The van der Waals surface area contributed by atoms with E-state index < -0.39 is 0 Å². The standard InChI is InChI=1S/C5H6N4/c1-4-2-3-7-5(8-4)9-6/h2-3,6H,1H3. The van der Waals surface area contributed by atoms with Gasteiger partial charge in [0.25, 0.3) is 5.95 Å². The first-order chi connectivity index (χ1) is 4.33. The summed E-state index contributed by atoms with van der Waals surface area (Å²) in [4.78, 5) is 7.52. The summed E-state index contributed by atoms with van der Waals surface area (Å²) in [5, 5.41) is 3.06. The average molecular weight is 122 g/mol. The quantitative estimate of drug-likeness (QED) is 0.573. The van der Waals surface area contributed by atoms with Crippen molar-refractivity contribution in [3.8, 4) is 0 Å². The van der Waals surface area contributed by atoms with E-state index in [1.807, 2.05) is 6.92 Å². The monoisotopic (exact) mass is 122 g/mol. The fourth-order valence-corrected chi connectivity index (χ4v) is 0.490. The predicted octanol–water partition coefficient (Wildman–Crippen LogP) is 1.45. The van der Waals surface area contributed by atoms with Gasteiger partial charge in [0.05, 0.1) is 0 Å². The highest BCUT2D eigenvalue weighted by molar-refractivity contribution is 5.13. The summed E-state index contributed by atoms with van der Waals surface area (Å²) in [7, 11) is 0. The highest BCUT2D eigenvalue weighted by Gasteiger charge is 1.88. The Labute approximate surface area is 52.5 Å². The Morgan fingerprint density at radius 2 is 2.44 bits per heavy atom. The summed E-state index contributed by atoms with van der Waals surface area (Å²) in [5.41, 5.74) is 7.37. The van der Waals surface area contributed by atoms with Crippen molar-refractivity contribution in [2.24, 2.45) is 5.11 Å². The second-order valence-electron chi connectivity index (χ2n) is 1.61. The maximum Gasteiger partial charge on any atom is 0.268 e. The number of aryl methyl sites for hydroxylation is 1. The number of hydrogen-bond acceptors (Lipinski definition) is 4. The summed E-state index contributed by atoms with van der Waals surface area (Å²) in [6.07, 6.45) is 1.58. The van der Waals surface area contributed by atoms with Crippen LogP contribution >= 0.6 is 0 Å². The van der Waals surface area contributed by atoms with E-state index in [0.29, 0.717) is 0 Å². The van der Waals surface area contributed by atoms with E-state index in [1.165, 1.54) is 0 Å². The van der Waals surface area contributed by atoms with E-state index in [9.17, 15) is 0 Å². The van der Waals surface area contributed by atoms with Gasteiger partial charge in [-0.2, -0.15) is 0 Å². The lowest BCUT2D eigenvalue weighted by molar-refractivity contribution is 0.999. The van der Waals surface area contributed by atoms with E-state index in [-0.39, 0.29) is 5.95 Å².